The lowest BCUT2D eigenvalue weighted by Gasteiger charge is -2.46. The first-order valence-electron chi connectivity index (χ1n) is 39.9. The van der Waals surface area contributed by atoms with E-state index in [0.717, 1.165) is 162 Å². The Morgan fingerprint density at radius 3 is 0.719 bits per heavy atom. The van der Waals surface area contributed by atoms with E-state index >= 15 is 0 Å². The van der Waals surface area contributed by atoms with Crippen molar-refractivity contribution in [2.24, 2.45) is 0 Å². The van der Waals surface area contributed by atoms with Crippen molar-refractivity contribution in [3.8, 4) is 111 Å². The van der Waals surface area contributed by atoms with E-state index in [4.69, 9.17) is 0 Å². The first kappa shape index (κ1) is 70.6. The molecule has 0 N–H and O–H groups in total. The molecule has 0 bridgehead atoms. The lowest BCUT2D eigenvalue weighted by Crippen LogP contribution is -2.61. The Kier molecular flexibility index (Phi) is 18.2. The van der Waals surface area contributed by atoms with Gasteiger partial charge < -0.3 is 14.7 Å². The van der Waals surface area contributed by atoms with Crippen LogP contribution in [-0.2, 0) is 10.8 Å². The summed E-state index contributed by atoms with van der Waals surface area (Å²) in [6.07, 6.45) is 0. The molecule has 0 saturated heterocycles. The Morgan fingerprint density at radius 2 is 0.439 bits per heavy atom. The molecule has 114 heavy (non-hydrogen) atoms. The van der Waals surface area contributed by atoms with Gasteiger partial charge in [-0.25, -0.2) is 0 Å². The van der Waals surface area contributed by atoms with Crippen LogP contribution in [0.15, 0.2) is 413 Å². The van der Waals surface area contributed by atoms with Gasteiger partial charge in [-0.05, 0) is 200 Å². The van der Waals surface area contributed by atoms with Crippen LogP contribution in [0, 0.1) is 0 Å². The summed E-state index contributed by atoms with van der Waals surface area (Å²) in [6.45, 7) is 13.5. The second-order valence-corrected chi connectivity index (χ2v) is 32.4. The molecular formula is C110H86BN3. The van der Waals surface area contributed by atoms with E-state index in [2.05, 4.69) is 469 Å². The van der Waals surface area contributed by atoms with Gasteiger partial charge in [-0.1, -0.05) is 381 Å². The summed E-state index contributed by atoms with van der Waals surface area (Å²) in [4.78, 5) is 7.90. The molecule has 0 fully saturated rings. The first-order valence-corrected chi connectivity index (χ1v) is 39.9. The van der Waals surface area contributed by atoms with Crippen LogP contribution < -0.4 is 31.1 Å². The maximum atomic E-state index is 2.69. The van der Waals surface area contributed by atoms with Gasteiger partial charge in [0, 0.05) is 56.4 Å². The minimum Gasteiger partial charge on any atom is -0.310 e. The smallest absolute Gasteiger partial charge is 0.252 e. The van der Waals surface area contributed by atoms with E-state index in [9.17, 15) is 0 Å². The number of hydrogen-bond donors (Lipinski definition) is 0. The van der Waals surface area contributed by atoms with Gasteiger partial charge in [0.15, 0.2) is 0 Å². The predicted octanol–water partition coefficient (Wildman–Crippen LogP) is 28.5. The van der Waals surface area contributed by atoms with Crippen molar-refractivity contribution in [2.75, 3.05) is 14.7 Å². The Morgan fingerprint density at radius 1 is 0.202 bits per heavy atom. The van der Waals surface area contributed by atoms with Crippen molar-refractivity contribution >= 4 is 74.3 Å². The largest absolute Gasteiger partial charge is 0.310 e. The lowest BCUT2D eigenvalue weighted by molar-refractivity contribution is 0.590. The van der Waals surface area contributed by atoms with Crippen molar-refractivity contribution in [1.82, 2.24) is 0 Å². The third kappa shape index (κ3) is 13.3. The standard InChI is InChI=1S/C110H86BN3/c1-109(2,3)91-57-47-81(48-58-91)89-67-96(83-39-23-11-24-40-83)107(97(68-89)84-41-25-12-26-42-84)113-102-65-55-87(77-35-19-9-20-36-77)71-100(102)111-101-72-88(78-37-21-10-22-38-78)56-66-103(101)114(108-98(85-43-27-13-28-44-85)69-90(70-99(108)86-45-29-14-30-46-86)82-49-59-92(60-50-82)110(4,5)6)105-74-95(73-104(113)106(105)111)112(93-61-51-79(52-62-93)75-31-15-7-16-32-75)94-63-53-80(54-64-94)76-33-17-8-18-34-76/h7-74H,1-6H3. The molecule has 0 unspecified atom stereocenters. The predicted molar refractivity (Wildman–Crippen MR) is 487 cm³/mol. The minimum atomic E-state index is -0.320. The third-order valence-corrected chi connectivity index (χ3v) is 23.2. The first-order chi connectivity index (χ1) is 55.8. The topological polar surface area (TPSA) is 9.72 Å². The van der Waals surface area contributed by atoms with Crippen LogP contribution in [0.2, 0.25) is 0 Å². The highest BCUT2D eigenvalue weighted by Gasteiger charge is 2.46. The van der Waals surface area contributed by atoms with Gasteiger partial charge in [0.05, 0.1) is 17.1 Å². The maximum Gasteiger partial charge on any atom is 0.252 e. The number of rotatable bonds is 15. The van der Waals surface area contributed by atoms with Crippen LogP contribution in [0.25, 0.3) is 111 Å². The van der Waals surface area contributed by atoms with Crippen molar-refractivity contribution in [1.29, 1.82) is 0 Å². The molecule has 0 spiro atoms. The Bertz CT molecular complexity index is 5830. The van der Waals surface area contributed by atoms with Crippen molar-refractivity contribution in [3.63, 3.8) is 0 Å². The Balaban J connectivity index is 0.993. The zero-order chi connectivity index (χ0) is 77.0. The van der Waals surface area contributed by atoms with Gasteiger partial charge in [-0.2, -0.15) is 0 Å². The molecule has 17 aromatic carbocycles. The molecule has 4 heteroatoms. The summed E-state index contributed by atoms with van der Waals surface area (Å²) >= 11 is 0. The quantitative estimate of drug-likeness (QED) is 0.0947. The fraction of sp³-hybridized carbons (Fsp3) is 0.0727. The number of nitrogens with zero attached hydrogens (tertiary/aromatic N) is 3. The molecular weight excluding hydrogens is 1370 g/mol. The molecule has 0 aromatic heterocycles. The summed E-state index contributed by atoms with van der Waals surface area (Å²) in [5.74, 6) is 0. The molecule has 0 amide bonds. The van der Waals surface area contributed by atoms with E-state index < -0.39 is 0 Å². The SMILES string of the molecule is CC(C)(C)c1ccc(-c2cc(-c3ccccc3)c(N3c4ccc(-c5ccccc5)cc4B4c5cc(-c6ccccc6)ccc5N(c5c(-c6ccccc6)cc(-c6ccc(C(C)(C)C)cc6)cc5-c5ccccc5)c5cc(N(c6ccc(-c7ccccc7)cc6)c6ccc(-c7ccccc7)cc6)cc3c54)c(-c3ccccc3)c2)cc1. The number of hydrogen-bond acceptors (Lipinski definition) is 3. The molecule has 0 atom stereocenters. The van der Waals surface area contributed by atoms with Gasteiger partial charge in [0.2, 0.25) is 0 Å². The van der Waals surface area contributed by atoms with Crippen LogP contribution >= 0.6 is 0 Å². The second kappa shape index (κ2) is 29.5. The summed E-state index contributed by atoms with van der Waals surface area (Å²) in [5.41, 5.74) is 38.3. The van der Waals surface area contributed by atoms with E-state index in [1.54, 1.807) is 0 Å². The van der Waals surface area contributed by atoms with Crippen LogP contribution in [0.3, 0.4) is 0 Å². The summed E-state index contributed by atoms with van der Waals surface area (Å²) in [7, 11) is 0. The highest BCUT2D eigenvalue weighted by atomic mass is 15.2. The molecule has 0 aliphatic carbocycles. The molecule has 0 radical (unpaired) electrons. The van der Waals surface area contributed by atoms with E-state index in [-0.39, 0.29) is 17.5 Å². The number of benzene rings is 17. The fourth-order valence-corrected chi connectivity index (χ4v) is 17.3. The highest BCUT2D eigenvalue weighted by Crippen LogP contribution is 2.57. The maximum absolute atomic E-state index is 2.69. The van der Waals surface area contributed by atoms with E-state index in [0.29, 0.717) is 0 Å². The van der Waals surface area contributed by atoms with Gasteiger partial charge in [-0.15, -0.1) is 0 Å². The average Bonchev–Trinajstić information content (AvgIpc) is 0.685. The van der Waals surface area contributed by atoms with Crippen LogP contribution in [0.4, 0.5) is 51.2 Å². The van der Waals surface area contributed by atoms with Crippen molar-refractivity contribution in [2.45, 2.75) is 52.4 Å². The lowest BCUT2D eigenvalue weighted by atomic mass is 9.33. The van der Waals surface area contributed by atoms with Gasteiger partial charge in [0.1, 0.15) is 0 Å². The molecule has 2 aliphatic rings. The van der Waals surface area contributed by atoms with Crippen LogP contribution in [0.5, 0.6) is 0 Å². The van der Waals surface area contributed by atoms with Crippen LogP contribution in [-0.4, -0.2) is 6.71 Å². The number of fused-ring (bicyclic) bond motifs is 4. The second-order valence-electron chi connectivity index (χ2n) is 32.4. The van der Waals surface area contributed by atoms with Gasteiger partial charge >= 0.3 is 0 Å². The highest BCUT2D eigenvalue weighted by molar-refractivity contribution is 7.00. The third-order valence-electron chi connectivity index (χ3n) is 23.2. The monoisotopic (exact) mass is 1460 g/mol. The molecule has 3 nitrogen and oxygen atoms in total. The summed E-state index contributed by atoms with van der Waals surface area (Å²) < 4.78 is 0. The van der Waals surface area contributed by atoms with Crippen molar-refractivity contribution < 1.29 is 0 Å². The average molecular weight is 1460 g/mol. The van der Waals surface area contributed by atoms with Gasteiger partial charge in [0.25, 0.3) is 6.71 Å². The molecule has 544 valence electrons. The summed E-state index contributed by atoms with van der Waals surface area (Å²) in [5, 5.41) is 0. The Labute approximate surface area is 671 Å². The normalized spacial score (nSPS) is 12.2. The molecule has 17 aromatic rings. The van der Waals surface area contributed by atoms with E-state index in [1.807, 2.05) is 0 Å². The minimum absolute atomic E-state index is 0.0268. The molecule has 19 rings (SSSR count). The van der Waals surface area contributed by atoms with Gasteiger partial charge in [-0.3, -0.25) is 0 Å². The van der Waals surface area contributed by atoms with E-state index in [1.165, 1.54) is 27.5 Å². The fourth-order valence-electron chi connectivity index (χ4n) is 17.3. The van der Waals surface area contributed by atoms with Crippen molar-refractivity contribution in [3.05, 3.63) is 424 Å². The summed E-state index contributed by atoms with van der Waals surface area (Å²) in [6, 6.07) is 155. The van der Waals surface area contributed by atoms with Crippen LogP contribution in [0.1, 0.15) is 52.7 Å². The zero-order valence-electron chi connectivity index (χ0n) is 65.2. The molecule has 2 heterocycles. The molecule has 2 aliphatic heterocycles. The molecule has 0 saturated carbocycles. The zero-order valence-corrected chi connectivity index (χ0v) is 65.2. The Hall–Kier alpha value is -13.8. The number of anilines is 9.